The summed E-state index contributed by atoms with van der Waals surface area (Å²) in [6.45, 7) is 7.16. The lowest BCUT2D eigenvalue weighted by Gasteiger charge is -2.31. The molecule has 0 aromatic heterocycles. The first-order valence-electron chi connectivity index (χ1n) is 23.9. The third-order valence-electron chi connectivity index (χ3n) is 15.3. The third kappa shape index (κ3) is 6.09. The Labute approximate surface area is 399 Å². The minimum Gasteiger partial charge on any atom is -0.310 e. The Morgan fingerprint density at radius 1 is 0.294 bits per heavy atom. The van der Waals surface area contributed by atoms with E-state index in [1.165, 1.54) is 105 Å². The smallest absolute Gasteiger partial charge is 0.0465 e. The molecule has 0 fully saturated rings. The van der Waals surface area contributed by atoms with Gasteiger partial charge in [0.1, 0.15) is 0 Å². The Balaban J connectivity index is 0.929. The molecular formula is C67H49N. The van der Waals surface area contributed by atoms with E-state index in [4.69, 9.17) is 0 Å². The molecule has 2 aliphatic carbocycles. The summed E-state index contributed by atoms with van der Waals surface area (Å²) in [5, 5.41) is 5.09. The van der Waals surface area contributed by atoms with Crippen molar-refractivity contribution in [1.29, 1.82) is 0 Å². The number of hydrogen-bond acceptors (Lipinski definition) is 1. The van der Waals surface area contributed by atoms with Crippen LogP contribution in [0.1, 0.15) is 48.6 Å². The van der Waals surface area contributed by atoms with Crippen molar-refractivity contribution in [3.63, 3.8) is 0 Å². The molecule has 0 amide bonds. The average molecular weight is 868 g/mol. The van der Waals surface area contributed by atoms with Crippen molar-refractivity contribution < 1.29 is 0 Å². The van der Waals surface area contributed by atoms with Crippen molar-refractivity contribution in [3.8, 4) is 55.6 Å². The molecule has 1 unspecified atom stereocenters. The largest absolute Gasteiger partial charge is 0.310 e. The highest BCUT2D eigenvalue weighted by atomic mass is 15.1. The van der Waals surface area contributed by atoms with Crippen molar-refractivity contribution in [1.82, 2.24) is 0 Å². The van der Waals surface area contributed by atoms with Crippen LogP contribution in [0, 0.1) is 0 Å². The highest BCUT2D eigenvalue weighted by Crippen LogP contribution is 2.55. The SMILES string of the molecule is CC1(C)c2ccccc2-c2cccc(-c3ccccc3-c3ccc(N(c4ccc(-c5ccc6c(ccc7ccccc76)c5)cc4)c4ccc5c(c4)C(C)(c4ccccc4)c4ccccc4-5)cc3)c21. The van der Waals surface area contributed by atoms with Gasteiger partial charge in [-0.3, -0.25) is 0 Å². The molecule has 0 bridgehead atoms. The fourth-order valence-corrected chi connectivity index (χ4v) is 12.0. The number of hydrogen-bond donors (Lipinski definition) is 0. The van der Waals surface area contributed by atoms with E-state index in [2.05, 4.69) is 268 Å². The van der Waals surface area contributed by atoms with Gasteiger partial charge in [0, 0.05) is 27.9 Å². The summed E-state index contributed by atoms with van der Waals surface area (Å²) < 4.78 is 0. The van der Waals surface area contributed by atoms with Gasteiger partial charge in [-0.25, -0.2) is 0 Å². The maximum Gasteiger partial charge on any atom is 0.0465 e. The summed E-state index contributed by atoms with van der Waals surface area (Å²) in [6.07, 6.45) is 0. The number of benzene rings is 11. The summed E-state index contributed by atoms with van der Waals surface area (Å²) in [5.74, 6) is 0. The molecule has 11 aromatic carbocycles. The molecule has 0 radical (unpaired) electrons. The molecule has 322 valence electrons. The summed E-state index contributed by atoms with van der Waals surface area (Å²) in [7, 11) is 0. The van der Waals surface area contributed by atoms with Crippen LogP contribution in [0.25, 0.3) is 77.2 Å². The molecule has 1 heteroatoms. The van der Waals surface area contributed by atoms with E-state index in [0.29, 0.717) is 0 Å². The molecular weight excluding hydrogens is 819 g/mol. The zero-order valence-electron chi connectivity index (χ0n) is 38.5. The standard InChI is InChI=1S/C67H49N/c1-66(2)62-26-13-11-23-58(62)61-25-15-24-60(65(61)66)56-21-10-9-20-54(56)46-32-37-51(38-33-46)68(50-35-30-44(31-36-50)47-34-40-55-48(42-47)29-28-45-16-7-8-19-53(45)55)52-39-41-59-57-22-12-14-27-63(57)67(3,64(59)43-52)49-17-5-4-6-18-49/h4-43H,1-3H3. The lowest BCUT2D eigenvalue weighted by molar-refractivity contribution is 0.662. The van der Waals surface area contributed by atoms with Gasteiger partial charge in [0.05, 0.1) is 0 Å². The van der Waals surface area contributed by atoms with Crippen LogP contribution in [-0.2, 0) is 10.8 Å². The van der Waals surface area contributed by atoms with E-state index in [-0.39, 0.29) is 10.8 Å². The lowest BCUT2D eigenvalue weighted by atomic mass is 9.74. The van der Waals surface area contributed by atoms with Gasteiger partial charge in [-0.05, 0) is 154 Å². The monoisotopic (exact) mass is 867 g/mol. The molecule has 68 heavy (non-hydrogen) atoms. The number of anilines is 3. The van der Waals surface area contributed by atoms with Crippen LogP contribution in [-0.4, -0.2) is 0 Å². The van der Waals surface area contributed by atoms with Crippen LogP contribution in [0.3, 0.4) is 0 Å². The van der Waals surface area contributed by atoms with Gasteiger partial charge in [0.15, 0.2) is 0 Å². The molecule has 13 rings (SSSR count). The van der Waals surface area contributed by atoms with Gasteiger partial charge >= 0.3 is 0 Å². The first-order chi connectivity index (χ1) is 33.4. The van der Waals surface area contributed by atoms with Crippen molar-refractivity contribution in [2.45, 2.75) is 31.6 Å². The highest BCUT2D eigenvalue weighted by molar-refractivity contribution is 6.08. The van der Waals surface area contributed by atoms with Gasteiger partial charge in [0.25, 0.3) is 0 Å². The van der Waals surface area contributed by atoms with Crippen molar-refractivity contribution >= 4 is 38.6 Å². The summed E-state index contributed by atoms with van der Waals surface area (Å²) in [6, 6.07) is 90.2. The van der Waals surface area contributed by atoms with Crippen molar-refractivity contribution in [3.05, 3.63) is 270 Å². The van der Waals surface area contributed by atoms with Gasteiger partial charge in [-0.15, -0.1) is 0 Å². The minimum atomic E-state index is -0.318. The topological polar surface area (TPSA) is 3.24 Å². The lowest BCUT2D eigenvalue weighted by Crippen LogP contribution is -2.22. The number of fused-ring (bicyclic) bond motifs is 9. The molecule has 0 spiro atoms. The molecule has 1 atom stereocenters. The minimum absolute atomic E-state index is 0.119. The fraction of sp³-hybridized carbons (Fsp3) is 0.0746. The molecule has 0 saturated heterocycles. The van der Waals surface area contributed by atoms with Crippen molar-refractivity contribution in [2.24, 2.45) is 0 Å². The Morgan fingerprint density at radius 3 is 1.56 bits per heavy atom. The van der Waals surface area contributed by atoms with Gasteiger partial charge in [-0.2, -0.15) is 0 Å². The zero-order chi connectivity index (χ0) is 45.6. The van der Waals surface area contributed by atoms with Crippen LogP contribution in [0.5, 0.6) is 0 Å². The maximum absolute atomic E-state index is 2.45. The fourth-order valence-electron chi connectivity index (χ4n) is 12.0. The molecule has 0 heterocycles. The summed E-state index contributed by atoms with van der Waals surface area (Å²) in [5.41, 5.74) is 22.3. The Bertz CT molecular complexity index is 3770. The Morgan fingerprint density at radius 2 is 0.809 bits per heavy atom. The maximum atomic E-state index is 2.45. The average Bonchev–Trinajstić information content (AvgIpc) is 3.80. The Kier molecular flexibility index (Phi) is 9.07. The second-order valence-corrected chi connectivity index (χ2v) is 19.4. The second kappa shape index (κ2) is 15.4. The highest BCUT2D eigenvalue weighted by Gasteiger charge is 2.41. The van der Waals surface area contributed by atoms with E-state index in [1.54, 1.807) is 0 Å². The first-order valence-corrected chi connectivity index (χ1v) is 23.9. The Hall–Kier alpha value is -8.26. The van der Waals surface area contributed by atoms with E-state index < -0.39 is 0 Å². The molecule has 1 nitrogen and oxygen atoms in total. The molecule has 0 saturated carbocycles. The second-order valence-electron chi connectivity index (χ2n) is 19.4. The van der Waals surface area contributed by atoms with Crippen LogP contribution in [0.4, 0.5) is 17.1 Å². The first kappa shape index (κ1) is 40.1. The number of rotatable bonds is 7. The van der Waals surface area contributed by atoms with Crippen LogP contribution < -0.4 is 4.90 Å². The van der Waals surface area contributed by atoms with Gasteiger partial charge in [0.2, 0.25) is 0 Å². The quantitative estimate of drug-likeness (QED) is 0.144. The predicted molar refractivity (Wildman–Crippen MR) is 287 cm³/mol. The van der Waals surface area contributed by atoms with E-state index in [9.17, 15) is 0 Å². The normalized spacial score (nSPS) is 15.2. The summed E-state index contributed by atoms with van der Waals surface area (Å²) in [4.78, 5) is 2.44. The van der Waals surface area contributed by atoms with Crippen molar-refractivity contribution in [2.75, 3.05) is 4.90 Å². The van der Waals surface area contributed by atoms with Crippen LogP contribution in [0.2, 0.25) is 0 Å². The molecule has 0 N–H and O–H groups in total. The van der Waals surface area contributed by atoms with E-state index >= 15 is 0 Å². The van der Waals surface area contributed by atoms with E-state index in [1.807, 2.05) is 0 Å². The molecule has 0 aliphatic heterocycles. The zero-order valence-corrected chi connectivity index (χ0v) is 38.5. The van der Waals surface area contributed by atoms with Gasteiger partial charge < -0.3 is 4.90 Å². The predicted octanol–water partition coefficient (Wildman–Crippen LogP) is 18.1. The van der Waals surface area contributed by atoms with Crippen LogP contribution >= 0.6 is 0 Å². The molecule has 2 aliphatic rings. The van der Waals surface area contributed by atoms with E-state index in [0.717, 1.165) is 17.1 Å². The molecule has 11 aromatic rings. The van der Waals surface area contributed by atoms with Crippen LogP contribution in [0.15, 0.2) is 243 Å². The third-order valence-corrected chi connectivity index (χ3v) is 15.3. The van der Waals surface area contributed by atoms with Gasteiger partial charge in [-0.1, -0.05) is 214 Å². The number of nitrogens with zero attached hydrogens (tertiary/aromatic N) is 1. The summed E-state index contributed by atoms with van der Waals surface area (Å²) >= 11 is 0.